The van der Waals surface area contributed by atoms with Crippen molar-refractivity contribution in [2.45, 2.75) is 24.6 Å². The van der Waals surface area contributed by atoms with E-state index in [9.17, 15) is 10.2 Å². The van der Waals surface area contributed by atoms with Crippen LogP contribution in [0.2, 0.25) is 0 Å². The molecule has 3 N–H and O–H groups in total. The van der Waals surface area contributed by atoms with Crippen molar-refractivity contribution >= 4 is 10.9 Å². The Morgan fingerprint density at radius 1 is 1.20 bits per heavy atom. The molecule has 1 aliphatic rings. The Hall–Kier alpha value is -1.73. The molecule has 2 aromatic rings. The molecule has 0 spiro atoms. The second kappa shape index (κ2) is 5.34. The molecule has 1 aromatic heterocycles. The molecule has 0 saturated carbocycles. The number of ether oxygens (including phenoxy) is 2. The van der Waals surface area contributed by atoms with Crippen LogP contribution in [0.3, 0.4) is 0 Å². The average Bonchev–Trinajstić information content (AvgIpc) is 2.75. The number of rotatable bonds is 3. The minimum Gasteiger partial charge on any atom is -0.462 e. The van der Waals surface area contributed by atoms with Crippen molar-refractivity contribution < 1.29 is 24.8 Å². The maximum Gasteiger partial charge on any atom is 0.229 e. The summed E-state index contributed by atoms with van der Waals surface area (Å²) in [6.45, 7) is -0.375. The number of nitrogens with zero attached hydrogens (tertiary/aromatic N) is 1. The third kappa shape index (κ3) is 2.34. The Morgan fingerprint density at radius 3 is 2.80 bits per heavy atom. The second-order valence-electron chi connectivity index (χ2n) is 4.68. The fraction of sp³-hybridized carbons (Fsp3) is 0.357. The van der Waals surface area contributed by atoms with Gasteiger partial charge in [-0.15, -0.1) is 0 Å². The average molecular weight is 277 g/mol. The molecular formula is C14H15NO5. The number of aliphatic hydroxyl groups excluding tert-OH is 3. The third-order valence-corrected chi connectivity index (χ3v) is 3.33. The smallest absolute Gasteiger partial charge is 0.229 e. The number of fused-ring (bicyclic) bond motifs is 1. The van der Waals surface area contributed by atoms with Crippen molar-refractivity contribution in [1.29, 1.82) is 0 Å². The van der Waals surface area contributed by atoms with Crippen LogP contribution in [-0.2, 0) is 4.74 Å². The molecule has 0 bridgehead atoms. The lowest BCUT2D eigenvalue weighted by Crippen LogP contribution is -2.35. The molecule has 0 amide bonds. The maximum atomic E-state index is 9.81. The largest absolute Gasteiger partial charge is 0.462 e. The molecule has 6 heteroatoms. The predicted octanol–water partition coefficient (Wildman–Crippen LogP) is 0.0526. The molecule has 20 heavy (non-hydrogen) atoms. The lowest BCUT2D eigenvalue weighted by atomic mass is 10.1. The van der Waals surface area contributed by atoms with E-state index in [0.29, 0.717) is 5.75 Å². The van der Waals surface area contributed by atoms with Gasteiger partial charge in [-0.1, -0.05) is 6.07 Å². The van der Waals surface area contributed by atoms with Crippen molar-refractivity contribution in [3.05, 3.63) is 36.5 Å². The predicted molar refractivity (Wildman–Crippen MR) is 70.1 cm³/mol. The van der Waals surface area contributed by atoms with E-state index in [1.807, 2.05) is 12.1 Å². The van der Waals surface area contributed by atoms with Gasteiger partial charge >= 0.3 is 0 Å². The molecule has 0 aliphatic carbocycles. The number of benzene rings is 1. The van der Waals surface area contributed by atoms with Crippen LogP contribution in [0.5, 0.6) is 5.75 Å². The summed E-state index contributed by atoms with van der Waals surface area (Å²) in [5.41, 5.74) is 0.834. The van der Waals surface area contributed by atoms with E-state index < -0.39 is 24.6 Å². The highest BCUT2D eigenvalue weighted by Crippen LogP contribution is 2.26. The molecule has 0 radical (unpaired) electrons. The summed E-state index contributed by atoms with van der Waals surface area (Å²) in [7, 11) is 0. The fourth-order valence-corrected chi connectivity index (χ4v) is 2.22. The first-order valence-corrected chi connectivity index (χ1v) is 6.33. The molecule has 106 valence electrons. The highest BCUT2D eigenvalue weighted by Gasteiger charge is 2.43. The molecule has 1 saturated heterocycles. The SMILES string of the molecule is OC[C@H]1OC(Oc2ccc3ncccc3c2)[C@H](O)[C@H]1O. The Morgan fingerprint density at radius 2 is 2.05 bits per heavy atom. The highest BCUT2D eigenvalue weighted by atomic mass is 16.7. The van der Waals surface area contributed by atoms with Gasteiger partial charge in [0.15, 0.2) is 0 Å². The number of aliphatic hydroxyl groups is 3. The third-order valence-electron chi connectivity index (χ3n) is 3.33. The summed E-state index contributed by atoms with van der Waals surface area (Å²) in [6.07, 6.45) is -2.49. The van der Waals surface area contributed by atoms with Crippen LogP contribution in [0.15, 0.2) is 36.5 Å². The fourth-order valence-electron chi connectivity index (χ4n) is 2.22. The van der Waals surface area contributed by atoms with Crippen LogP contribution in [0.1, 0.15) is 0 Å². The lowest BCUT2D eigenvalue weighted by molar-refractivity contribution is -0.116. The number of pyridine rings is 1. The van der Waals surface area contributed by atoms with Gasteiger partial charge in [-0.3, -0.25) is 4.98 Å². The number of aromatic nitrogens is 1. The van der Waals surface area contributed by atoms with Gasteiger partial charge in [-0.05, 0) is 24.3 Å². The minimum atomic E-state index is -1.20. The highest BCUT2D eigenvalue weighted by molar-refractivity contribution is 5.79. The zero-order chi connectivity index (χ0) is 14.1. The first-order chi connectivity index (χ1) is 9.69. The first kappa shape index (κ1) is 13.3. The van der Waals surface area contributed by atoms with Crippen molar-refractivity contribution in [1.82, 2.24) is 4.98 Å². The monoisotopic (exact) mass is 277 g/mol. The van der Waals surface area contributed by atoms with E-state index >= 15 is 0 Å². The first-order valence-electron chi connectivity index (χ1n) is 6.33. The van der Waals surface area contributed by atoms with Crippen molar-refractivity contribution in [2.24, 2.45) is 0 Å². The lowest BCUT2D eigenvalue weighted by Gasteiger charge is -2.17. The Bertz CT molecular complexity index is 605. The van der Waals surface area contributed by atoms with E-state index in [-0.39, 0.29) is 6.61 Å². The zero-order valence-electron chi connectivity index (χ0n) is 10.6. The van der Waals surface area contributed by atoms with Gasteiger partial charge in [0.1, 0.15) is 24.1 Å². The normalized spacial score (nSPS) is 29.8. The van der Waals surface area contributed by atoms with E-state index in [4.69, 9.17) is 14.6 Å². The van der Waals surface area contributed by atoms with Crippen LogP contribution >= 0.6 is 0 Å². The topological polar surface area (TPSA) is 92.0 Å². The van der Waals surface area contributed by atoms with Gasteiger partial charge in [-0.25, -0.2) is 0 Å². The second-order valence-corrected chi connectivity index (χ2v) is 4.68. The molecule has 1 fully saturated rings. The molecule has 4 atom stereocenters. The van der Waals surface area contributed by atoms with E-state index in [0.717, 1.165) is 10.9 Å². The summed E-state index contributed by atoms with van der Waals surface area (Å²) in [5, 5.41) is 29.4. The summed E-state index contributed by atoms with van der Waals surface area (Å²) < 4.78 is 10.8. The molecule has 1 aliphatic heterocycles. The van der Waals surface area contributed by atoms with Gasteiger partial charge in [0, 0.05) is 11.6 Å². The Labute approximate surface area is 115 Å². The Balaban J connectivity index is 1.79. The summed E-state index contributed by atoms with van der Waals surface area (Å²) >= 11 is 0. The molecule has 2 heterocycles. The van der Waals surface area contributed by atoms with Crippen molar-refractivity contribution in [2.75, 3.05) is 6.61 Å². The molecule has 1 aromatic carbocycles. The zero-order valence-corrected chi connectivity index (χ0v) is 10.6. The van der Waals surface area contributed by atoms with Crippen LogP contribution in [0.25, 0.3) is 10.9 Å². The van der Waals surface area contributed by atoms with Crippen molar-refractivity contribution in [3.8, 4) is 5.75 Å². The van der Waals surface area contributed by atoms with Gasteiger partial charge in [0.25, 0.3) is 0 Å². The van der Waals surface area contributed by atoms with Gasteiger partial charge in [0.2, 0.25) is 6.29 Å². The van der Waals surface area contributed by atoms with E-state index in [1.54, 1.807) is 24.4 Å². The summed E-state index contributed by atoms with van der Waals surface area (Å²) in [4.78, 5) is 4.20. The maximum absolute atomic E-state index is 9.81. The van der Waals surface area contributed by atoms with Gasteiger partial charge in [0.05, 0.1) is 12.1 Å². The Kier molecular flexibility index (Phi) is 3.54. The van der Waals surface area contributed by atoms with Crippen LogP contribution < -0.4 is 4.74 Å². The molecule has 3 rings (SSSR count). The van der Waals surface area contributed by atoms with Gasteiger partial charge in [-0.2, -0.15) is 0 Å². The van der Waals surface area contributed by atoms with Crippen molar-refractivity contribution in [3.63, 3.8) is 0 Å². The van der Waals surface area contributed by atoms with Crippen LogP contribution in [0, 0.1) is 0 Å². The van der Waals surface area contributed by atoms with E-state index in [1.165, 1.54) is 0 Å². The van der Waals surface area contributed by atoms with E-state index in [2.05, 4.69) is 4.98 Å². The molecular weight excluding hydrogens is 262 g/mol. The standard InChI is InChI=1S/C14H15NO5/c16-7-11-12(17)13(18)14(20-11)19-9-3-4-10-8(6-9)2-1-5-15-10/h1-6,11-14,16-18H,7H2/t11-,12+,13-,14?/m1/s1. The van der Waals surface area contributed by atoms with Crippen LogP contribution in [0.4, 0.5) is 0 Å². The van der Waals surface area contributed by atoms with Crippen LogP contribution in [-0.4, -0.2) is 51.5 Å². The quantitative estimate of drug-likeness (QED) is 0.734. The van der Waals surface area contributed by atoms with Gasteiger partial charge < -0.3 is 24.8 Å². The number of hydrogen-bond acceptors (Lipinski definition) is 6. The summed E-state index contributed by atoms with van der Waals surface area (Å²) in [6, 6.07) is 9.00. The molecule has 1 unspecified atom stereocenters. The summed E-state index contributed by atoms with van der Waals surface area (Å²) in [5.74, 6) is 0.500. The molecule has 6 nitrogen and oxygen atoms in total. The number of hydrogen-bond donors (Lipinski definition) is 3. The minimum absolute atomic E-state index is 0.375.